The van der Waals surface area contributed by atoms with Crippen molar-refractivity contribution in [1.82, 2.24) is 5.32 Å². The van der Waals surface area contributed by atoms with E-state index in [-0.39, 0.29) is 5.91 Å². The summed E-state index contributed by atoms with van der Waals surface area (Å²) in [5, 5.41) is 3.64. The summed E-state index contributed by atoms with van der Waals surface area (Å²) in [6, 6.07) is 7.73. The molecule has 0 spiro atoms. The SMILES string of the molecule is CC(C)CNC(=O)CSCc1cccc(Cl)c1. The molecule has 0 radical (unpaired) electrons. The van der Waals surface area contributed by atoms with Crippen LogP contribution in [0.3, 0.4) is 0 Å². The van der Waals surface area contributed by atoms with Crippen LogP contribution in [0.2, 0.25) is 5.02 Å². The van der Waals surface area contributed by atoms with Gasteiger partial charge in [0.25, 0.3) is 0 Å². The molecule has 0 aliphatic rings. The Morgan fingerprint density at radius 2 is 2.24 bits per heavy atom. The van der Waals surface area contributed by atoms with Gasteiger partial charge in [0.1, 0.15) is 0 Å². The van der Waals surface area contributed by atoms with E-state index in [1.165, 1.54) is 0 Å². The molecular formula is C13H18ClNOS. The minimum absolute atomic E-state index is 0.103. The number of thioether (sulfide) groups is 1. The van der Waals surface area contributed by atoms with Gasteiger partial charge in [-0.3, -0.25) is 4.79 Å². The number of rotatable bonds is 6. The first kappa shape index (κ1) is 14.4. The third kappa shape index (κ3) is 6.59. The highest BCUT2D eigenvalue weighted by Crippen LogP contribution is 2.16. The normalized spacial score (nSPS) is 10.6. The van der Waals surface area contributed by atoms with Crippen LogP contribution < -0.4 is 5.32 Å². The van der Waals surface area contributed by atoms with E-state index in [2.05, 4.69) is 19.2 Å². The van der Waals surface area contributed by atoms with E-state index >= 15 is 0 Å². The monoisotopic (exact) mass is 271 g/mol. The molecule has 2 nitrogen and oxygen atoms in total. The van der Waals surface area contributed by atoms with Gasteiger partial charge in [-0.05, 0) is 23.6 Å². The molecule has 1 rings (SSSR count). The molecule has 0 saturated carbocycles. The summed E-state index contributed by atoms with van der Waals surface area (Å²) in [6.45, 7) is 4.91. The van der Waals surface area contributed by atoms with Crippen molar-refractivity contribution in [2.45, 2.75) is 19.6 Å². The summed E-state index contributed by atoms with van der Waals surface area (Å²) in [4.78, 5) is 11.4. The van der Waals surface area contributed by atoms with Gasteiger partial charge < -0.3 is 5.32 Å². The Bertz CT molecular complexity index is 368. The standard InChI is InChI=1S/C13H18ClNOS/c1-10(2)7-15-13(16)9-17-8-11-4-3-5-12(14)6-11/h3-6,10H,7-9H2,1-2H3,(H,15,16). The Balaban J connectivity index is 2.21. The van der Waals surface area contributed by atoms with Gasteiger partial charge in [0.05, 0.1) is 5.75 Å². The van der Waals surface area contributed by atoms with Gasteiger partial charge in [-0.15, -0.1) is 11.8 Å². The van der Waals surface area contributed by atoms with E-state index in [9.17, 15) is 4.79 Å². The molecule has 0 aliphatic heterocycles. The lowest BCUT2D eigenvalue weighted by Crippen LogP contribution is -2.28. The van der Waals surface area contributed by atoms with Gasteiger partial charge in [-0.2, -0.15) is 0 Å². The molecule has 0 aromatic heterocycles. The van der Waals surface area contributed by atoms with Crippen molar-refractivity contribution in [3.05, 3.63) is 34.9 Å². The number of hydrogen-bond donors (Lipinski definition) is 1. The summed E-state index contributed by atoms with van der Waals surface area (Å²) in [6.07, 6.45) is 0. The molecule has 0 bridgehead atoms. The fraction of sp³-hybridized carbons (Fsp3) is 0.462. The first-order valence-corrected chi connectivity index (χ1v) is 7.20. The van der Waals surface area contributed by atoms with E-state index in [4.69, 9.17) is 11.6 Å². The molecule has 1 N–H and O–H groups in total. The first-order valence-electron chi connectivity index (χ1n) is 5.67. The summed E-state index contributed by atoms with van der Waals surface area (Å²) in [5.74, 6) is 1.91. The number of carbonyl (C=O) groups excluding carboxylic acids is 1. The highest BCUT2D eigenvalue weighted by Gasteiger charge is 2.03. The van der Waals surface area contributed by atoms with Crippen LogP contribution in [0.1, 0.15) is 19.4 Å². The third-order valence-electron chi connectivity index (χ3n) is 2.10. The van der Waals surface area contributed by atoms with Crippen LogP contribution in [0, 0.1) is 5.92 Å². The minimum Gasteiger partial charge on any atom is -0.355 e. The maximum atomic E-state index is 11.4. The number of amides is 1. The maximum absolute atomic E-state index is 11.4. The minimum atomic E-state index is 0.103. The second-order valence-corrected chi connectivity index (χ2v) is 5.74. The Labute approximate surface area is 112 Å². The van der Waals surface area contributed by atoms with Crippen molar-refractivity contribution >= 4 is 29.3 Å². The van der Waals surface area contributed by atoms with E-state index in [0.717, 1.165) is 22.9 Å². The molecule has 1 aromatic carbocycles. The lowest BCUT2D eigenvalue weighted by molar-refractivity contribution is -0.118. The molecule has 0 unspecified atom stereocenters. The lowest BCUT2D eigenvalue weighted by Gasteiger charge is -2.07. The van der Waals surface area contributed by atoms with Gasteiger partial charge >= 0.3 is 0 Å². The molecular weight excluding hydrogens is 254 g/mol. The van der Waals surface area contributed by atoms with Crippen LogP contribution in [0.5, 0.6) is 0 Å². The molecule has 94 valence electrons. The van der Waals surface area contributed by atoms with Crippen LogP contribution in [-0.2, 0) is 10.5 Å². The fourth-order valence-corrected chi connectivity index (χ4v) is 2.27. The zero-order chi connectivity index (χ0) is 12.7. The van der Waals surface area contributed by atoms with Gasteiger partial charge in [0, 0.05) is 17.3 Å². The largest absolute Gasteiger partial charge is 0.355 e. The van der Waals surface area contributed by atoms with Gasteiger partial charge in [-0.25, -0.2) is 0 Å². The van der Waals surface area contributed by atoms with Crippen LogP contribution in [0.4, 0.5) is 0 Å². The lowest BCUT2D eigenvalue weighted by atomic mass is 10.2. The summed E-state index contributed by atoms with van der Waals surface area (Å²) >= 11 is 7.49. The number of carbonyl (C=O) groups is 1. The number of halogens is 1. The summed E-state index contributed by atoms with van der Waals surface area (Å²) in [7, 11) is 0. The molecule has 1 aromatic rings. The molecule has 4 heteroatoms. The topological polar surface area (TPSA) is 29.1 Å². The first-order chi connectivity index (χ1) is 8.08. The predicted molar refractivity (Wildman–Crippen MR) is 75.5 cm³/mol. The van der Waals surface area contributed by atoms with Crippen molar-refractivity contribution in [2.75, 3.05) is 12.3 Å². The number of benzene rings is 1. The van der Waals surface area contributed by atoms with Crippen molar-refractivity contribution in [3.8, 4) is 0 Å². The van der Waals surface area contributed by atoms with Crippen LogP contribution in [0.15, 0.2) is 24.3 Å². The van der Waals surface area contributed by atoms with Crippen LogP contribution in [0.25, 0.3) is 0 Å². The smallest absolute Gasteiger partial charge is 0.230 e. The third-order valence-corrected chi connectivity index (χ3v) is 3.34. The average molecular weight is 272 g/mol. The zero-order valence-electron chi connectivity index (χ0n) is 10.2. The number of hydrogen-bond acceptors (Lipinski definition) is 2. The second-order valence-electron chi connectivity index (χ2n) is 4.32. The predicted octanol–water partition coefficient (Wildman–Crippen LogP) is 3.35. The van der Waals surface area contributed by atoms with Crippen molar-refractivity contribution < 1.29 is 4.79 Å². The van der Waals surface area contributed by atoms with Crippen molar-refractivity contribution in [1.29, 1.82) is 0 Å². The molecule has 0 saturated heterocycles. The average Bonchev–Trinajstić information content (AvgIpc) is 2.26. The van der Waals surface area contributed by atoms with Gasteiger partial charge in [0.15, 0.2) is 0 Å². The van der Waals surface area contributed by atoms with Crippen molar-refractivity contribution in [3.63, 3.8) is 0 Å². The van der Waals surface area contributed by atoms with E-state index in [1.807, 2.05) is 24.3 Å². The Kier molecular flexibility index (Phi) is 6.45. The molecule has 1 amide bonds. The molecule has 0 fully saturated rings. The summed E-state index contributed by atoms with van der Waals surface area (Å²) in [5.41, 5.74) is 1.15. The van der Waals surface area contributed by atoms with Crippen LogP contribution in [-0.4, -0.2) is 18.2 Å². The molecule has 17 heavy (non-hydrogen) atoms. The van der Waals surface area contributed by atoms with Gasteiger partial charge in [-0.1, -0.05) is 37.6 Å². The molecule has 0 heterocycles. The highest BCUT2D eigenvalue weighted by atomic mass is 35.5. The maximum Gasteiger partial charge on any atom is 0.230 e. The van der Waals surface area contributed by atoms with Crippen LogP contribution >= 0.6 is 23.4 Å². The van der Waals surface area contributed by atoms with E-state index in [1.54, 1.807) is 11.8 Å². The van der Waals surface area contributed by atoms with E-state index < -0.39 is 0 Å². The Morgan fingerprint density at radius 3 is 2.88 bits per heavy atom. The van der Waals surface area contributed by atoms with Crippen molar-refractivity contribution in [2.24, 2.45) is 5.92 Å². The molecule has 0 aliphatic carbocycles. The second kappa shape index (κ2) is 7.62. The highest BCUT2D eigenvalue weighted by molar-refractivity contribution is 7.99. The zero-order valence-corrected chi connectivity index (χ0v) is 11.8. The quantitative estimate of drug-likeness (QED) is 0.860. The van der Waals surface area contributed by atoms with Gasteiger partial charge in [0.2, 0.25) is 5.91 Å². The Hall–Kier alpha value is -0.670. The molecule has 0 atom stereocenters. The summed E-state index contributed by atoms with van der Waals surface area (Å²) < 4.78 is 0. The number of nitrogens with one attached hydrogen (secondary N) is 1. The van der Waals surface area contributed by atoms with E-state index in [0.29, 0.717) is 11.7 Å². The fourth-order valence-electron chi connectivity index (χ4n) is 1.26. The Morgan fingerprint density at radius 1 is 1.47 bits per heavy atom.